The molecule has 3 heteroatoms. The number of rotatable bonds is 6. The maximum absolute atomic E-state index is 2.56. The largest absolute Gasteiger partial charge is 0.157 e. The van der Waals surface area contributed by atoms with E-state index < -0.39 is 7.26 Å². The summed E-state index contributed by atoms with van der Waals surface area (Å²) in [7, 11) is -1.55. The smallest absolute Gasteiger partial charge is 0.131 e. The van der Waals surface area contributed by atoms with E-state index >= 15 is 0 Å². The van der Waals surface area contributed by atoms with Crippen molar-refractivity contribution in [1.29, 1.82) is 0 Å². The lowest BCUT2D eigenvalue weighted by atomic mass is 10.1. The molecular formula is C25H26PS2+. The second kappa shape index (κ2) is 7.41. The highest BCUT2D eigenvalue weighted by molar-refractivity contribution is 7.99. The minimum atomic E-state index is -1.55. The fraction of sp³-hybridized carbons (Fsp3) is 0.280. The normalized spacial score (nSPS) is 17.8. The van der Waals surface area contributed by atoms with E-state index in [-0.39, 0.29) is 0 Å². The van der Waals surface area contributed by atoms with Gasteiger partial charge in [0.2, 0.25) is 0 Å². The summed E-state index contributed by atoms with van der Waals surface area (Å²) in [6.45, 7) is 4.85. The Balaban J connectivity index is 1.62. The van der Waals surface area contributed by atoms with E-state index in [4.69, 9.17) is 0 Å². The average Bonchev–Trinajstić information content (AvgIpc) is 3.41. The van der Waals surface area contributed by atoms with Crippen molar-refractivity contribution >= 4 is 55.2 Å². The summed E-state index contributed by atoms with van der Waals surface area (Å²) < 4.78 is 3.04. The standard InChI is InChI=1S/C25H26PS2/c1-3-4-5-6-11-18-16-17-23(27-18)26(2)21-14-9-7-12-19(21)25-24(26)20-13-8-10-15-22(20)28-25/h7-10,12-17H,3-6,11H2,1-2H3/q+1. The van der Waals surface area contributed by atoms with Gasteiger partial charge in [0, 0.05) is 20.5 Å². The lowest BCUT2D eigenvalue weighted by molar-refractivity contribution is 0.670. The van der Waals surface area contributed by atoms with Crippen molar-refractivity contribution in [2.75, 3.05) is 6.66 Å². The van der Waals surface area contributed by atoms with Gasteiger partial charge in [0.1, 0.15) is 17.9 Å². The highest BCUT2D eigenvalue weighted by Crippen LogP contribution is 2.63. The van der Waals surface area contributed by atoms with Crippen LogP contribution in [0.1, 0.15) is 37.5 Å². The number of fused-ring (bicyclic) bond motifs is 5. The van der Waals surface area contributed by atoms with Crippen LogP contribution in [0.3, 0.4) is 0 Å². The highest BCUT2D eigenvalue weighted by atomic mass is 32.1. The van der Waals surface area contributed by atoms with Crippen molar-refractivity contribution < 1.29 is 0 Å². The summed E-state index contributed by atoms with van der Waals surface area (Å²) in [6.07, 6.45) is 6.60. The molecule has 0 fully saturated rings. The van der Waals surface area contributed by atoms with Crippen LogP contribution in [-0.2, 0) is 6.42 Å². The lowest BCUT2D eigenvalue weighted by Crippen LogP contribution is -2.24. The predicted octanol–water partition coefficient (Wildman–Crippen LogP) is 6.99. The van der Waals surface area contributed by atoms with Gasteiger partial charge in [-0.05, 0) is 49.2 Å². The third kappa shape index (κ3) is 2.81. The number of aryl methyl sites for hydroxylation is 1. The van der Waals surface area contributed by atoms with Crippen molar-refractivity contribution in [1.82, 2.24) is 0 Å². The van der Waals surface area contributed by atoms with Crippen molar-refractivity contribution in [2.45, 2.75) is 39.0 Å². The van der Waals surface area contributed by atoms with Crippen molar-refractivity contribution in [3.8, 4) is 10.4 Å². The molecular weight excluding hydrogens is 395 g/mol. The summed E-state index contributed by atoms with van der Waals surface area (Å²) in [5.41, 5.74) is 1.48. The number of hydrogen-bond acceptors (Lipinski definition) is 2. The van der Waals surface area contributed by atoms with Crippen molar-refractivity contribution in [2.24, 2.45) is 0 Å². The molecule has 0 saturated heterocycles. The molecule has 0 aliphatic carbocycles. The van der Waals surface area contributed by atoms with Crippen molar-refractivity contribution in [3.05, 3.63) is 65.5 Å². The van der Waals surface area contributed by atoms with Gasteiger partial charge in [-0.3, -0.25) is 0 Å². The Hall–Kier alpha value is -1.47. The summed E-state index contributed by atoms with van der Waals surface area (Å²) in [6, 6.07) is 23.0. The number of hydrogen-bond donors (Lipinski definition) is 0. The van der Waals surface area contributed by atoms with Crippen LogP contribution in [0.25, 0.3) is 20.5 Å². The van der Waals surface area contributed by atoms with Gasteiger partial charge in [0.25, 0.3) is 0 Å². The molecule has 0 saturated carbocycles. The second-order valence-corrected chi connectivity index (χ2v) is 13.8. The van der Waals surface area contributed by atoms with Gasteiger partial charge in [0.05, 0.1) is 11.5 Å². The van der Waals surface area contributed by atoms with E-state index in [9.17, 15) is 0 Å². The molecule has 0 radical (unpaired) electrons. The van der Waals surface area contributed by atoms with Gasteiger partial charge in [0.15, 0.2) is 4.62 Å². The van der Waals surface area contributed by atoms with Gasteiger partial charge in [-0.15, -0.1) is 22.7 Å². The lowest BCUT2D eigenvalue weighted by Gasteiger charge is -2.17. The third-order valence-electron chi connectivity index (χ3n) is 6.01. The summed E-state index contributed by atoms with van der Waals surface area (Å²) in [4.78, 5) is 3.09. The fourth-order valence-corrected chi connectivity index (χ4v) is 12.3. The van der Waals surface area contributed by atoms with Gasteiger partial charge in [-0.2, -0.15) is 0 Å². The SMILES string of the molecule is CCCCCCc1ccc([P+]2(C)c3ccccc3-c3sc4ccccc4c32)s1. The molecule has 0 N–H and O–H groups in total. The zero-order valence-corrected chi connectivity index (χ0v) is 19.1. The molecule has 4 aromatic rings. The van der Waals surface area contributed by atoms with Crippen LogP contribution in [0.2, 0.25) is 0 Å². The Bertz CT molecular complexity index is 1140. The highest BCUT2D eigenvalue weighted by Gasteiger charge is 2.52. The first kappa shape index (κ1) is 18.6. The quantitative estimate of drug-likeness (QED) is 0.232. The predicted molar refractivity (Wildman–Crippen MR) is 131 cm³/mol. The second-order valence-electron chi connectivity index (χ2n) is 7.85. The van der Waals surface area contributed by atoms with Crippen LogP contribution in [0.15, 0.2) is 60.7 Å². The Morgan fingerprint density at radius 2 is 1.64 bits per heavy atom. The van der Waals surface area contributed by atoms with E-state index in [2.05, 4.69) is 85.6 Å². The van der Waals surface area contributed by atoms with Crippen LogP contribution in [0.4, 0.5) is 0 Å². The van der Waals surface area contributed by atoms with E-state index in [1.165, 1.54) is 52.6 Å². The van der Waals surface area contributed by atoms with E-state index in [0.29, 0.717) is 0 Å². The maximum atomic E-state index is 2.56. The molecule has 1 aliphatic rings. The van der Waals surface area contributed by atoms with Crippen LogP contribution in [0, 0.1) is 0 Å². The summed E-state index contributed by atoms with van der Waals surface area (Å²) in [5.74, 6) is 0. The van der Waals surface area contributed by atoms with E-state index in [1.54, 1.807) is 20.1 Å². The molecule has 2 aromatic heterocycles. The van der Waals surface area contributed by atoms with Crippen LogP contribution in [-0.4, -0.2) is 6.66 Å². The molecule has 1 aliphatic heterocycles. The van der Waals surface area contributed by atoms with E-state index in [1.807, 2.05) is 11.3 Å². The Labute approximate surface area is 176 Å². The zero-order valence-electron chi connectivity index (χ0n) is 16.6. The van der Waals surface area contributed by atoms with Gasteiger partial charge >= 0.3 is 0 Å². The zero-order chi connectivity index (χ0) is 19.1. The molecule has 28 heavy (non-hydrogen) atoms. The molecule has 3 heterocycles. The number of benzene rings is 2. The van der Waals surface area contributed by atoms with Gasteiger partial charge < -0.3 is 0 Å². The first-order chi connectivity index (χ1) is 13.7. The molecule has 2 aromatic carbocycles. The molecule has 142 valence electrons. The first-order valence-corrected chi connectivity index (χ1v) is 14.2. The van der Waals surface area contributed by atoms with E-state index in [0.717, 1.165) is 0 Å². The molecule has 0 spiro atoms. The summed E-state index contributed by atoms with van der Waals surface area (Å²) in [5, 5.41) is 4.70. The average molecular weight is 422 g/mol. The molecule has 5 rings (SSSR count). The monoisotopic (exact) mass is 421 g/mol. The van der Waals surface area contributed by atoms with Crippen LogP contribution >= 0.6 is 29.9 Å². The molecule has 0 nitrogen and oxygen atoms in total. The minimum absolute atomic E-state index is 1.24. The first-order valence-electron chi connectivity index (χ1n) is 10.3. The third-order valence-corrected chi connectivity index (χ3v) is 13.4. The topological polar surface area (TPSA) is 0 Å². The van der Waals surface area contributed by atoms with Gasteiger partial charge in [-0.1, -0.05) is 50.5 Å². The molecule has 0 amide bonds. The minimum Gasteiger partial charge on any atom is -0.131 e. The summed E-state index contributed by atoms with van der Waals surface area (Å²) >= 11 is 4.06. The maximum Gasteiger partial charge on any atom is 0.157 e. The Morgan fingerprint density at radius 3 is 2.54 bits per heavy atom. The Morgan fingerprint density at radius 1 is 0.821 bits per heavy atom. The molecule has 1 atom stereocenters. The van der Waals surface area contributed by atoms with Gasteiger partial charge in [-0.25, -0.2) is 0 Å². The van der Waals surface area contributed by atoms with Crippen LogP contribution < -0.4 is 15.2 Å². The van der Waals surface area contributed by atoms with Crippen molar-refractivity contribution in [3.63, 3.8) is 0 Å². The number of unbranched alkanes of at least 4 members (excludes halogenated alkanes) is 3. The number of thiophene rings is 2. The molecule has 0 bridgehead atoms. The fourth-order valence-electron chi connectivity index (χ4n) is 4.53. The van der Waals surface area contributed by atoms with Crippen LogP contribution in [0.5, 0.6) is 0 Å². The Kier molecular flexibility index (Phi) is 4.91. The molecule has 1 unspecified atom stereocenters.